The number of ether oxygens (including phenoxy) is 1. The van der Waals surface area contributed by atoms with Crippen molar-refractivity contribution in [2.24, 2.45) is 11.1 Å². The summed E-state index contributed by atoms with van der Waals surface area (Å²) >= 11 is 6.46. The summed E-state index contributed by atoms with van der Waals surface area (Å²) in [5, 5.41) is 15.6. The van der Waals surface area contributed by atoms with Gasteiger partial charge in [-0.05, 0) is 120 Å². The first-order chi connectivity index (χ1) is 45.9. The zero-order valence-corrected chi connectivity index (χ0v) is 54.0. The molecule has 6 aromatic rings. The number of alkyl halides is 1. The number of phosphoric ester groups is 2. The molecule has 3 aliphatic heterocycles. The number of rotatable bonds is 27. The van der Waals surface area contributed by atoms with E-state index < -0.39 is 68.8 Å². The van der Waals surface area contributed by atoms with Crippen LogP contribution in [-0.4, -0.2) is 123 Å². The predicted molar refractivity (Wildman–Crippen MR) is 356 cm³/mol. The molecule has 96 heavy (non-hydrogen) atoms. The van der Waals surface area contributed by atoms with Gasteiger partial charge in [-0.25, -0.2) is 18.7 Å². The van der Waals surface area contributed by atoms with Crippen LogP contribution in [-0.2, 0) is 60.5 Å². The smallest absolute Gasteiger partial charge is 0.444 e. The zero-order valence-electron chi connectivity index (χ0n) is 51.4. The number of hydrogen-bond donors (Lipinski definition) is 10. The number of nitrogens with two attached hydrogens (primary N) is 1. The minimum absolute atomic E-state index is 0.0496. The van der Waals surface area contributed by atoms with E-state index in [0.29, 0.717) is 93.0 Å². The second-order valence-electron chi connectivity index (χ2n) is 23.2. The highest BCUT2D eigenvalue weighted by Crippen LogP contribution is 2.50. The van der Waals surface area contributed by atoms with E-state index in [0.717, 1.165) is 10.5 Å². The van der Waals surface area contributed by atoms with Gasteiger partial charge in [-0.15, -0.1) is 11.6 Å². The highest BCUT2D eigenvalue weighted by molar-refractivity contribution is 7.47. The van der Waals surface area contributed by atoms with E-state index >= 15 is 0 Å². The lowest BCUT2D eigenvalue weighted by molar-refractivity contribution is -0.151. The minimum atomic E-state index is -5.04. The lowest BCUT2D eigenvalue weighted by Gasteiger charge is -2.39. The Morgan fingerprint density at radius 1 is 0.698 bits per heavy atom. The fraction of sp³-hybridized carbons (Fsp3) is 0.288. The number of amides is 10. The van der Waals surface area contributed by atoms with Crippen molar-refractivity contribution in [2.75, 3.05) is 59.0 Å². The fourth-order valence-electron chi connectivity index (χ4n) is 12.0. The number of anilines is 4. The number of urea groups is 1. The number of carbonyl (C=O) groups is 9. The molecule has 0 saturated heterocycles. The topological polar surface area (TPSA) is 392 Å². The van der Waals surface area contributed by atoms with E-state index in [9.17, 15) is 71.9 Å². The van der Waals surface area contributed by atoms with Crippen LogP contribution in [0.15, 0.2) is 127 Å². The Kier molecular flexibility index (Phi) is 21.5. The molecule has 10 amide bonds. The van der Waals surface area contributed by atoms with Crippen LogP contribution >= 0.6 is 27.2 Å². The van der Waals surface area contributed by atoms with Crippen LogP contribution in [0.3, 0.4) is 0 Å². The third-order valence-electron chi connectivity index (χ3n) is 16.9. The summed E-state index contributed by atoms with van der Waals surface area (Å²) < 4.78 is 39.9. The summed E-state index contributed by atoms with van der Waals surface area (Å²) in [5.74, 6) is -4.07. The molecule has 10 rings (SSSR count). The molecule has 1 aliphatic carbocycles. The number of halogens is 1. The molecule has 0 unspecified atom stereocenters. The molecule has 0 bridgehead atoms. The van der Waals surface area contributed by atoms with Gasteiger partial charge in [0.2, 0.25) is 17.7 Å². The molecule has 502 valence electrons. The Balaban J connectivity index is 0.824. The quantitative estimate of drug-likeness (QED) is 0.00584. The molecule has 11 N–H and O–H groups in total. The van der Waals surface area contributed by atoms with Crippen molar-refractivity contribution in [3.8, 4) is 11.5 Å². The molecule has 0 radical (unpaired) electrons. The molecule has 1 saturated carbocycles. The van der Waals surface area contributed by atoms with Crippen LogP contribution in [0.1, 0.15) is 85.1 Å². The van der Waals surface area contributed by atoms with Crippen molar-refractivity contribution >= 4 is 137 Å². The number of carbonyl (C=O) groups excluding carboxylic acids is 9. The van der Waals surface area contributed by atoms with Crippen LogP contribution < -0.4 is 51.2 Å². The van der Waals surface area contributed by atoms with Gasteiger partial charge in [-0.3, -0.25) is 63.4 Å². The monoisotopic (exact) mass is 1370 g/mol. The number of imide groups is 1. The zero-order chi connectivity index (χ0) is 68.5. The van der Waals surface area contributed by atoms with E-state index in [2.05, 4.69) is 26.6 Å². The highest BCUT2D eigenvalue weighted by atomic mass is 35.5. The summed E-state index contributed by atoms with van der Waals surface area (Å²) in [7, 11) is -10.1. The summed E-state index contributed by atoms with van der Waals surface area (Å²) in [4.78, 5) is 162. The molecule has 0 spiro atoms. The number of nitrogens with zero attached hydrogens (tertiary/aromatic N) is 3. The SMILES string of the molecule is NC(=O)NCCC[C@H](NC(=O)C1(C(=O)NCCCCCN2C(=O)C=CC2=O)CCC1)C(=O)Nc1ccc(COC(=O)Nc2cc(/C=C/C(=O)N3C[C@@H](CCl)c4c3cc(OP(=O)(O)O)c3ccccc43)ccc2/C=C/C(=O)N2CCc3c2cc(OP(=O)(O)O)c2ccccc32)cc1. The molecule has 0 aromatic heterocycles. The van der Waals surface area contributed by atoms with E-state index in [-0.39, 0.29) is 106 Å². The maximum Gasteiger partial charge on any atom is 0.524 e. The van der Waals surface area contributed by atoms with Gasteiger partial charge in [-0.1, -0.05) is 79.2 Å². The van der Waals surface area contributed by atoms with Crippen LogP contribution in [0.2, 0.25) is 0 Å². The summed E-state index contributed by atoms with van der Waals surface area (Å²) in [6, 6.07) is 25.5. The maximum absolute atomic E-state index is 14.2. The number of nitrogens with one attached hydrogen (secondary N) is 5. The first-order valence-electron chi connectivity index (χ1n) is 30.7. The predicted octanol–water partition coefficient (Wildman–Crippen LogP) is 7.92. The van der Waals surface area contributed by atoms with Crippen molar-refractivity contribution in [3.63, 3.8) is 0 Å². The third kappa shape index (κ3) is 16.5. The van der Waals surface area contributed by atoms with Gasteiger partial charge in [0.15, 0.2) is 0 Å². The van der Waals surface area contributed by atoms with Gasteiger partial charge in [0.1, 0.15) is 29.6 Å². The van der Waals surface area contributed by atoms with Gasteiger partial charge in [-0.2, -0.15) is 0 Å². The molecule has 1 fully saturated rings. The van der Waals surface area contributed by atoms with Crippen molar-refractivity contribution in [3.05, 3.63) is 155 Å². The molecule has 6 aromatic carbocycles. The van der Waals surface area contributed by atoms with E-state index in [1.54, 1.807) is 72.8 Å². The van der Waals surface area contributed by atoms with Crippen LogP contribution in [0.4, 0.5) is 32.3 Å². The van der Waals surface area contributed by atoms with E-state index in [1.807, 2.05) is 0 Å². The van der Waals surface area contributed by atoms with Crippen LogP contribution in [0.25, 0.3) is 33.7 Å². The van der Waals surface area contributed by atoms with Crippen molar-refractivity contribution < 1.29 is 85.6 Å². The van der Waals surface area contributed by atoms with Crippen LogP contribution in [0.5, 0.6) is 11.5 Å². The molecule has 2 atom stereocenters. The average molecular weight is 1370 g/mol. The van der Waals surface area contributed by atoms with Gasteiger partial charge < -0.3 is 50.6 Å². The van der Waals surface area contributed by atoms with Gasteiger partial charge >= 0.3 is 27.8 Å². The lowest BCUT2D eigenvalue weighted by atomic mass is 9.67. The molecular weight excluding hydrogens is 1300 g/mol. The Morgan fingerprint density at radius 2 is 1.32 bits per heavy atom. The normalized spacial score (nSPS) is 15.9. The van der Waals surface area contributed by atoms with E-state index in [4.69, 9.17) is 31.1 Å². The lowest BCUT2D eigenvalue weighted by Crippen LogP contribution is -2.58. The first-order valence-corrected chi connectivity index (χ1v) is 34.3. The number of primary amides is 1. The number of hydrogen-bond acceptors (Lipinski definition) is 14. The van der Waals surface area contributed by atoms with Gasteiger partial charge in [0.05, 0.1) is 17.1 Å². The van der Waals surface area contributed by atoms with Crippen LogP contribution in [0, 0.1) is 5.41 Å². The largest absolute Gasteiger partial charge is 0.524 e. The Hall–Kier alpha value is -9.72. The van der Waals surface area contributed by atoms with Crippen molar-refractivity contribution in [2.45, 2.75) is 76.4 Å². The van der Waals surface area contributed by atoms with Crippen molar-refractivity contribution in [1.82, 2.24) is 20.9 Å². The molecular formula is C66H68ClN9O18P2. The standard InChI is InChI=1S/C66H68ClN9O18P2/c67-37-43-38-76(53-36-55(94-96(89,90)91)48-12-4-5-13-49(48)60(43)53)59(80)23-18-40-15-19-42(20-24-56(77)74-33-27-46-45-10-2-3-11-47(45)54(35-52(46)74)93-95(86,87)88)51(34-40)73-65(85)92-39-41-16-21-44(22-17-41)71-61(81)50(14-8-31-70-64(68)84)72-63(83)66(28-9-29-66)62(82)69-30-6-1-7-32-75-57(78)25-26-58(75)79/h2-5,10-13,15-26,34-36,43,50H,1,6-9,14,27-33,37-39H2,(H,69,82)(H,71,81)(H,72,83)(H,73,85)(H3,68,70,84)(H2,86,87,88)(H2,89,90,91)/b23-18+,24-20+/t43-,50+/m1/s1. The highest BCUT2D eigenvalue weighted by Gasteiger charge is 2.51. The molecule has 27 nitrogen and oxygen atoms in total. The van der Waals surface area contributed by atoms with E-state index in [1.165, 1.54) is 76.6 Å². The number of phosphoric acid groups is 2. The fourth-order valence-corrected chi connectivity index (χ4v) is 13.1. The number of fused-ring (bicyclic) bond motifs is 6. The second-order valence-corrected chi connectivity index (χ2v) is 25.9. The molecule has 30 heteroatoms. The molecule has 4 aliphatic rings. The first kappa shape index (κ1) is 69.1. The summed E-state index contributed by atoms with van der Waals surface area (Å²) in [6.07, 6.45) is 10.4. The van der Waals surface area contributed by atoms with Crippen molar-refractivity contribution in [1.29, 1.82) is 0 Å². The Labute approximate surface area is 554 Å². The number of unbranched alkanes of at least 4 members (excludes halogenated alkanes) is 2. The maximum atomic E-state index is 14.2. The average Bonchev–Trinajstić information content (AvgIpc) is 1.53. The summed E-state index contributed by atoms with van der Waals surface area (Å²) in [5.41, 5.74) is 7.56. The second kappa shape index (κ2) is 29.9. The summed E-state index contributed by atoms with van der Waals surface area (Å²) in [6.45, 7) is 0.620. The number of benzene rings is 6. The van der Waals surface area contributed by atoms with Gasteiger partial charge in [0, 0.05) is 97.4 Å². The Bertz CT molecular complexity index is 4260. The Morgan fingerprint density at radius 3 is 1.97 bits per heavy atom. The van der Waals surface area contributed by atoms with Gasteiger partial charge in [0.25, 0.3) is 23.6 Å². The molecule has 3 heterocycles. The third-order valence-corrected chi connectivity index (χ3v) is 18.1. The minimum Gasteiger partial charge on any atom is -0.444 e.